The predicted octanol–water partition coefficient (Wildman–Crippen LogP) is 3.36. The van der Waals surface area contributed by atoms with Gasteiger partial charge in [-0.1, -0.05) is 18.2 Å². The summed E-state index contributed by atoms with van der Waals surface area (Å²) in [4.78, 5) is 23.6. The molecule has 0 heterocycles. The number of rotatable bonds is 8. The van der Waals surface area contributed by atoms with Crippen molar-refractivity contribution in [3.05, 3.63) is 59.7 Å². The number of nitrogens with one attached hydrogen (secondary N) is 1. The van der Waals surface area contributed by atoms with Crippen LogP contribution < -0.4 is 14.8 Å². The molecule has 1 amide bonds. The number of nitriles is 1. The highest BCUT2D eigenvalue weighted by molar-refractivity contribution is 5.94. The summed E-state index contributed by atoms with van der Waals surface area (Å²) in [6.45, 7) is -3.65. The van der Waals surface area contributed by atoms with Gasteiger partial charge in [-0.3, -0.25) is 4.79 Å². The van der Waals surface area contributed by atoms with Gasteiger partial charge in [-0.15, -0.1) is 0 Å². The summed E-state index contributed by atoms with van der Waals surface area (Å²) in [7, 11) is 1.29. The summed E-state index contributed by atoms with van der Waals surface area (Å²) in [6, 6.07) is 12.6. The van der Waals surface area contributed by atoms with E-state index in [9.17, 15) is 18.4 Å². The van der Waals surface area contributed by atoms with E-state index in [1.54, 1.807) is 18.2 Å². The number of anilines is 1. The summed E-state index contributed by atoms with van der Waals surface area (Å²) in [6.07, 6.45) is 2.17. The maximum atomic E-state index is 12.6. The normalized spacial score (nSPS) is 10.4. The number of hydrogen-bond acceptors (Lipinski definition) is 6. The quantitative estimate of drug-likeness (QED) is 0.537. The third-order valence-electron chi connectivity index (χ3n) is 3.46. The van der Waals surface area contributed by atoms with Crippen LogP contribution in [0, 0.1) is 11.3 Å². The summed E-state index contributed by atoms with van der Waals surface area (Å²) >= 11 is 0. The Morgan fingerprint density at radius 2 is 2.00 bits per heavy atom. The minimum absolute atomic E-state index is 0.0693. The molecule has 0 saturated carbocycles. The van der Waals surface area contributed by atoms with Gasteiger partial charge in [-0.2, -0.15) is 14.0 Å². The first-order valence-electron chi connectivity index (χ1n) is 8.19. The molecular formula is C20H16F2N2O5. The Morgan fingerprint density at radius 3 is 2.69 bits per heavy atom. The number of methoxy groups -OCH3 is 1. The molecule has 0 aliphatic carbocycles. The van der Waals surface area contributed by atoms with Crippen molar-refractivity contribution in [2.24, 2.45) is 0 Å². The number of nitrogens with zero attached hydrogens (tertiary/aromatic N) is 1. The van der Waals surface area contributed by atoms with E-state index in [-0.39, 0.29) is 17.1 Å². The molecule has 0 atom stereocenters. The van der Waals surface area contributed by atoms with Crippen molar-refractivity contribution in [3.8, 4) is 17.6 Å². The second-order valence-corrected chi connectivity index (χ2v) is 5.44. The number of hydrogen-bond donors (Lipinski definition) is 1. The average molecular weight is 402 g/mol. The molecule has 2 rings (SSSR count). The van der Waals surface area contributed by atoms with Gasteiger partial charge < -0.3 is 19.5 Å². The Hall–Kier alpha value is -3.93. The van der Waals surface area contributed by atoms with Gasteiger partial charge in [0.25, 0.3) is 5.91 Å². The van der Waals surface area contributed by atoms with Crippen LogP contribution in [0.25, 0.3) is 6.08 Å². The van der Waals surface area contributed by atoms with E-state index in [2.05, 4.69) is 10.1 Å². The molecule has 0 fully saturated rings. The fourth-order valence-corrected chi connectivity index (χ4v) is 2.25. The summed E-state index contributed by atoms with van der Waals surface area (Å²) in [5.74, 6) is -1.63. The number of carbonyl (C=O) groups excluding carboxylic acids is 2. The van der Waals surface area contributed by atoms with Gasteiger partial charge in [0, 0.05) is 17.3 Å². The lowest BCUT2D eigenvalue weighted by Crippen LogP contribution is -2.20. The molecule has 2 aromatic rings. The van der Waals surface area contributed by atoms with Gasteiger partial charge in [-0.05, 0) is 30.3 Å². The lowest BCUT2D eigenvalue weighted by molar-refractivity contribution is -0.142. The largest absolute Gasteiger partial charge is 0.493 e. The topological polar surface area (TPSA) is 97.6 Å². The molecule has 0 aromatic heterocycles. The Morgan fingerprint density at radius 1 is 1.24 bits per heavy atom. The molecule has 150 valence electrons. The third-order valence-corrected chi connectivity index (χ3v) is 3.46. The molecule has 0 spiro atoms. The van der Waals surface area contributed by atoms with Crippen molar-refractivity contribution in [1.82, 2.24) is 0 Å². The number of benzene rings is 2. The van der Waals surface area contributed by atoms with Crippen LogP contribution in [-0.4, -0.2) is 32.2 Å². The van der Waals surface area contributed by atoms with Crippen molar-refractivity contribution < 1.29 is 32.6 Å². The smallest absolute Gasteiger partial charge is 0.387 e. The minimum atomic E-state index is -3.08. The summed E-state index contributed by atoms with van der Waals surface area (Å²) in [5, 5.41) is 11.3. The minimum Gasteiger partial charge on any atom is -0.493 e. The van der Waals surface area contributed by atoms with Crippen LogP contribution in [0.3, 0.4) is 0 Å². The van der Waals surface area contributed by atoms with Crippen LogP contribution in [0.4, 0.5) is 14.5 Å². The monoisotopic (exact) mass is 402 g/mol. The van der Waals surface area contributed by atoms with E-state index in [1.807, 2.05) is 6.07 Å². The van der Waals surface area contributed by atoms with Crippen molar-refractivity contribution in [1.29, 1.82) is 5.26 Å². The number of para-hydroxylation sites is 1. The van der Waals surface area contributed by atoms with Gasteiger partial charge in [0.15, 0.2) is 18.1 Å². The van der Waals surface area contributed by atoms with Crippen LogP contribution in [0.15, 0.2) is 48.5 Å². The van der Waals surface area contributed by atoms with Crippen molar-refractivity contribution in [2.75, 3.05) is 19.0 Å². The van der Waals surface area contributed by atoms with E-state index >= 15 is 0 Å². The molecule has 2 aromatic carbocycles. The molecule has 1 N–H and O–H groups in total. The van der Waals surface area contributed by atoms with Crippen LogP contribution in [0.5, 0.6) is 11.5 Å². The lowest BCUT2D eigenvalue weighted by Gasteiger charge is -2.12. The number of alkyl halides is 2. The van der Waals surface area contributed by atoms with Gasteiger partial charge in [0.1, 0.15) is 0 Å². The predicted molar refractivity (Wildman–Crippen MR) is 99.4 cm³/mol. The number of ether oxygens (including phenoxy) is 3. The molecular weight excluding hydrogens is 386 g/mol. The zero-order valence-corrected chi connectivity index (χ0v) is 15.2. The molecule has 0 unspecified atom stereocenters. The standard InChI is InChI=1S/C20H16F2N2O5/c1-27-16-7-3-5-14(19(16)29-20(21)22)8-9-18(26)28-12-17(25)24-15-6-2-4-13(10-15)11-23/h2-10,20H,12H2,1H3,(H,24,25)/b9-8+. The second-order valence-electron chi connectivity index (χ2n) is 5.44. The number of halogens is 2. The summed E-state index contributed by atoms with van der Waals surface area (Å²) in [5.41, 5.74) is 0.910. The van der Waals surface area contributed by atoms with Gasteiger partial charge in [0.05, 0.1) is 18.7 Å². The lowest BCUT2D eigenvalue weighted by atomic mass is 10.1. The number of carbonyl (C=O) groups is 2. The highest BCUT2D eigenvalue weighted by atomic mass is 19.3. The van der Waals surface area contributed by atoms with E-state index in [0.29, 0.717) is 11.3 Å². The molecule has 9 heteroatoms. The van der Waals surface area contributed by atoms with Crippen molar-refractivity contribution in [3.63, 3.8) is 0 Å². The molecule has 0 aliphatic heterocycles. The molecule has 0 aliphatic rings. The average Bonchev–Trinajstić information content (AvgIpc) is 2.71. The molecule has 0 radical (unpaired) electrons. The Bertz CT molecular complexity index is 954. The van der Waals surface area contributed by atoms with Crippen molar-refractivity contribution >= 4 is 23.6 Å². The van der Waals surface area contributed by atoms with E-state index in [1.165, 1.54) is 37.5 Å². The Labute approximate surface area is 165 Å². The zero-order valence-electron chi connectivity index (χ0n) is 15.2. The fourth-order valence-electron chi connectivity index (χ4n) is 2.25. The van der Waals surface area contributed by atoms with Crippen LogP contribution in [0.1, 0.15) is 11.1 Å². The highest BCUT2D eigenvalue weighted by Gasteiger charge is 2.14. The zero-order chi connectivity index (χ0) is 21.2. The number of esters is 1. The molecule has 0 bridgehead atoms. The third kappa shape index (κ3) is 6.62. The molecule has 0 saturated heterocycles. The maximum absolute atomic E-state index is 12.6. The fraction of sp³-hybridized carbons (Fsp3) is 0.150. The van der Waals surface area contributed by atoms with Gasteiger partial charge in [-0.25, -0.2) is 4.79 Å². The first-order valence-corrected chi connectivity index (χ1v) is 8.19. The maximum Gasteiger partial charge on any atom is 0.387 e. The van der Waals surface area contributed by atoms with Crippen LogP contribution in [0.2, 0.25) is 0 Å². The van der Waals surface area contributed by atoms with Gasteiger partial charge in [0.2, 0.25) is 0 Å². The van der Waals surface area contributed by atoms with E-state index in [0.717, 1.165) is 6.08 Å². The van der Waals surface area contributed by atoms with E-state index < -0.39 is 25.1 Å². The Kier molecular flexibility index (Phi) is 7.68. The number of amides is 1. The van der Waals surface area contributed by atoms with Crippen LogP contribution >= 0.6 is 0 Å². The van der Waals surface area contributed by atoms with Crippen molar-refractivity contribution in [2.45, 2.75) is 6.61 Å². The first-order chi connectivity index (χ1) is 13.9. The summed E-state index contributed by atoms with van der Waals surface area (Å²) < 4.78 is 39.4. The second kappa shape index (κ2) is 10.4. The molecule has 29 heavy (non-hydrogen) atoms. The van der Waals surface area contributed by atoms with Gasteiger partial charge >= 0.3 is 12.6 Å². The van der Waals surface area contributed by atoms with E-state index in [4.69, 9.17) is 14.7 Å². The Balaban J connectivity index is 1.96. The van der Waals surface area contributed by atoms with Crippen LogP contribution in [-0.2, 0) is 14.3 Å². The SMILES string of the molecule is COc1cccc(/C=C/C(=O)OCC(=O)Nc2cccc(C#N)c2)c1OC(F)F. The highest BCUT2D eigenvalue weighted by Crippen LogP contribution is 2.33. The first kappa shape index (κ1) is 21.4. The molecule has 7 nitrogen and oxygen atoms in total.